The van der Waals surface area contributed by atoms with Gasteiger partial charge in [0.15, 0.2) is 11.6 Å². The van der Waals surface area contributed by atoms with Gasteiger partial charge in [0.05, 0.1) is 19.3 Å². The molecule has 3 aromatic carbocycles. The summed E-state index contributed by atoms with van der Waals surface area (Å²) < 4.78 is 55.4. The maximum atomic E-state index is 14.8. The van der Waals surface area contributed by atoms with E-state index in [0.29, 0.717) is 23.5 Å². The molecule has 3 aromatic rings. The van der Waals surface area contributed by atoms with Crippen LogP contribution in [-0.4, -0.2) is 12.7 Å². The van der Waals surface area contributed by atoms with Crippen LogP contribution in [0.1, 0.15) is 62.1 Å². The molecular formula is C30H31F3O2. The molecule has 0 aliphatic heterocycles. The highest BCUT2D eigenvalue weighted by Gasteiger charge is 2.25. The molecular weight excluding hydrogens is 449 g/mol. The molecule has 184 valence electrons. The van der Waals surface area contributed by atoms with Gasteiger partial charge < -0.3 is 9.47 Å². The maximum absolute atomic E-state index is 14.8. The zero-order valence-corrected chi connectivity index (χ0v) is 20.2. The van der Waals surface area contributed by atoms with Crippen LogP contribution in [-0.2, 0) is 11.3 Å². The van der Waals surface area contributed by atoms with E-state index in [1.165, 1.54) is 6.07 Å². The Kier molecular flexibility index (Phi) is 8.29. The molecule has 0 radical (unpaired) electrons. The number of halogens is 3. The van der Waals surface area contributed by atoms with Gasteiger partial charge in [0.25, 0.3) is 0 Å². The van der Waals surface area contributed by atoms with Crippen LogP contribution in [0, 0.1) is 17.5 Å². The molecule has 1 fully saturated rings. The minimum Gasteiger partial charge on any atom is -0.494 e. The fourth-order valence-electron chi connectivity index (χ4n) is 4.73. The van der Waals surface area contributed by atoms with E-state index in [0.717, 1.165) is 31.2 Å². The number of rotatable bonds is 8. The lowest BCUT2D eigenvalue weighted by Gasteiger charge is -2.29. The van der Waals surface area contributed by atoms with Crippen molar-refractivity contribution in [3.8, 4) is 16.9 Å². The predicted octanol–water partition coefficient (Wildman–Crippen LogP) is 8.45. The van der Waals surface area contributed by atoms with Crippen molar-refractivity contribution >= 4 is 6.08 Å². The SMILES string of the molecule is C/C=C/c1ccc(-c2ccc(COC3CCC(c4ccc(OCC)cc4F)CC3)c(F)c2F)cc1. The standard InChI is InChI=1S/C30H31F3O2/c1-3-5-20-6-8-22(9-7-20)27-16-12-23(29(32)30(27)33)19-35-24-13-10-21(11-14-24)26-17-15-25(34-4-2)18-28(26)31/h3,5-9,12,15-18,21,24H,4,10-11,13-14,19H2,1-2H3/b5-3+. The van der Waals surface area contributed by atoms with E-state index in [4.69, 9.17) is 9.47 Å². The molecule has 35 heavy (non-hydrogen) atoms. The second-order valence-corrected chi connectivity index (χ2v) is 8.92. The molecule has 0 saturated heterocycles. The summed E-state index contributed by atoms with van der Waals surface area (Å²) in [5.41, 5.74) is 2.77. The lowest BCUT2D eigenvalue weighted by Crippen LogP contribution is -2.21. The van der Waals surface area contributed by atoms with Gasteiger partial charge >= 0.3 is 0 Å². The Morgan fingerprint density at radius 2 is 1.63 bits per heavy atom. The molecule has 1 saturated carbocycles. The van der Waals surface area contributed by atoms with Crippen LogP contribution in [0.5, 0.6) is 5.75 Å². The predicted molar refractivity (Wildman–Crippen MR) is 134 cm³/mol. The highest BCUT2D eigenvalue weighted by atomic mass is 19.2. The van der Waals surface area contributed by atoms with Crippen molar-refractivity contribution in [3.63, 3.8) is 0 Å². The number of ether oxygens (including phenoxy) is 2. The Bertz CT molecular complexity index is 1160. The van der Waals surface area contributed by atoms with E-state index < -0.39 is 11.6 Å². The van der Waals surface area contributed by atoms with E-state index in [-0.39, 0.29) is 35.6 Å². The van der Waals surface area contributed by atoms with E-state index in [1.807, 2.05) is 44.2 Å². The molecule has 0 bridgehead atoms. The quantitative estimate of drug-likeness (QED) is 0.322. The fourth-order valence-corrected chi connectivity index (χ4v) is 4.73. The van der Waals surface area contributed by atoms with E-state index in [1.54, 1.807) is 30.3 Å². The zero-order valence-electron chi connectivity index (χ0n) is 20.2. The molecule has 0 aromatic heterocycles. The van der Waals surface area contributed by atoms with Crippen molar-refractivity contribution in [2.45, 2.75) is 58.2 Å². The van der Waals surface area contributed by atoms with Crippen molar-refractivity contribution in [1.29, 1.82) is 0 Å². The topological polar surface area (TPSA) is 18.5 Å². The van der Waals surface area contributed by atoms with Gasteiger partial charge in [0.1, 0.15) is 11.6 Å². The Labute approximate surface area is 205 Å². The second-order valence-electron chi connectivity index (χ2n) is 8.92. The molecule has 0 spiro atoms. The highest BCUT2D eigenvalue weighted by molar-refractivity contribution is 5.66. The number of hydrogen-bond acceptors (Lipinski definition) is 2. The molecule has 5 heteroatoms. The van der Waals surface area contributed by atoms with Gasteiger partial charge in [-0.3, -0.25) is 0 Å². The van der Waals surface area contributed by atoms with E-state index >= 15 is 0 Å². The van der Waals surface area contributed by atoms with Gasteiger partial charge in [-0.1, -0.05) is 54.6 Å². The van der Waals surface area contributed by atoms with E-state index in [9.17, 15) is 13.2 Å². The minimum atomic E-state index is -0.870. The Morgan fingerprint density at radius 1 is 0.886 bits per heavy atom. The summed E-state index contributed by atoms with van der Waals surface area (Å²) in [6.45, 7) is 4.30. The molecule has 0 heterocycles. The first-order chi connectivity index (χ1) is 17.0. The highest BCUT2D eigenvalue weighted by Crippen LogP contribution is 2.37. The van der Waals surface area contributed by atoms with Crippen molar-refractivity contribution < 1.29 is 22.6 Å². The molecule has 2 nitrogen and oxygen atoms in total. The number of benzene rings is 3. The molecule has 0 amide bonds. The van der Waals surface area contributed by atoms with Gasteiger partial charge in [-0.15, -0.1) is 0 Å². The van der Waals surface area contributed by atoms with Gasteiger partial charge in [-0.25, -0.2) is 13.2 Å². The first kappa shape index (κ1) is 25.1. The first-order valence-electron chi connectivity index (χ1n) is 12.2. The number of allylic oxidation sites excluding steroid dienone is 1. The largest absolute Gasteiger partial charge is 0.494 e. The average molecular weight is 481 g/mol. The summed E-state index contributed by atoms with van der Waals surface area (Å²) in [5, 5.41) is 0. The van der Waals surface area contributed by atoms with Crippen molar-refractivity contribution in [2.75, 3.05) is 6.61 Å². The third-order valence-corrected chi connectivity index (χ3v) is 6.61. The monoisotopic (exact) mass is 480 g/mol. The molecule has 0 atom stereocenters. The summed E-state index contributed by atoms with van der Waals surface area (Å²) >= 11 is 0. The number of hydrogen-bond donors (Lipinski definition) is 0. The lowest BCUT2D eigenvalue weighted by molar-refractivity contribution is 0.0117. The van der Waals surface area contributed by atoms with Crippen LogP contribution >= 0.6 is 0 Å². The van der Waals surface area contributed by atoms with Gasteiger partial charge in [-0.2, -0.15) is 0 Å². The van der Waals surface area contributed by atoms with Crippen LogP contribution in [0.3, 0.4) is 0 Å². The van der Waals surface area contributed by atoms with Crippen LogP contribution in [0.2, 0.25) is 0 Å². The third-order valence-electron chi connectivity index (χ3n) is 6.61. The lowest BCUT2D eigenvalue weighted by atomic mass is 9.82. The normalized spacial score (nSPS) is 18.2. The van der Waals surface area contributed by atoms with Crippen molar-refractivity contribution in [3.05, 3.63) is 94.8 Å². The average Bonchev–Trinajstić information content (AvgIpc) is 2.87. The van der Waals surface area contributed by atoms with Crippen LogP contribution in [0.15, 0.2) is 60.7 Å². The van der Waals surface area contributed by atoms with Crippen LogP contribution in [0.4, 0.5) is 13.2 Å². The molecule has 1 aliphatic rings. The van der Waals surface area contributed by atoms with Crippen LogP contribution in [0.25, 0.3) is 17.2 Å². The van der Waals surface area contributed by atoms with Crippen molar-refractivity contribution in [1.82, 2.24) is 0 Å². The maximum Gasteiger partial charge on any atom is 0.167 e. The van der Waals surface area contributed by atoms with Crippen LogP contribution < -0.4 is 4.74 Å². The summed E-state index contributed by atoms with van der Waals surface area (Å²) in [6.07, 6.45) is 6.88. The summed E-state index contributed by atoms with van der Waals surface area (Å²) in [6, 6.07) is 15.6. The third kappa shape index (κ3) is 5.96. The van der Waals surface area contributed by atoms with Gasteiger partial charge in [-0.05, 0) is 68.2 Å². The minimum absolute atomic E-state index is 0.00993. The molecule has 0 N–H and O–H groups in total. The smallest absolute Gasteiger partial charge is 0.167 e. The Morgan fingerprint density at radius 3 is 2.29 bits per heavy atom. The van der Waals surface area contributed by atoms with Crippen molar-refractivity contribution in [2.24, 2.45) is 0 Å². The second kappa shape index (κ2) is 11.6. The summed E-state index contributed by atoms with van der Waals surface area (Å²) in [4.78, 5) is 0. The van der Waals surface area contributed by atoms with E-state index in [2.05, 4.69) is 0 Å². The zero-order chi connectivity index (χ0) is 24.8. The first-order valence-corrected chi connectivity index (χ1v) is 12.2. The van der Waals surface area contributed by atoms with Gasteiger partial charge in [0, 0.05) is 17.2 Å². The Balaban J connectivity index is 1.34. The summed E-state index contributed by atoms with van der Waals surface area (Å²) in [7, 11) is 0. The summed E-state index contributed by atoms with van der Waals surface area (Å²) in [5.74, 6) is -1.31. The fraction of sp³-hybridized carbons (Fsp3) is 0.333. The molecule has 0 unspecified atom stereocenters. The molecule has 1 aliphatic carbocycles. The molecule has 4 rings (SSSR count). The Hall–Kier alpha value is -3.05. The van der Waals surface area contributed by atoms with Gasteiger partial charge in [0.2, 0.25) is 0 Å².